The van der Waals surface area contributed by atoms with Crippen molar-refractivity contribution in [3.63, 3.8) is 0 Å². The molecule has 1 aromatic rings. The van der Waals surface area contributed by atoms with Gasteiger partial charge >= 0.3 is 0 Å². The van der Waals surface area contributed by atoms with Gasteiger partial charge < -0.3 is 10.6 Å². The Balaban J connectivity index is 1.81. The molecule has 1 aromatic heterocycles. The first-order valence-corrected chi connectivity index (χ1v) is 9.18. The molecule has 2 N–H and O–H groups in total. The van der Waals surface area contributed by atoms with Crippen molar-refractivity contribution >= 4 is 17.3 Å². The molecule has 1 fully saturated rings. The standard InChI is InChI=1S/C16H28N4S/c1-3-15-19-14(12-21-15)10-11-18-16(17-4-2)20-13-8-6-5-7-9-13/h12-13H,3-11H2,1-2H3,(H2,17,18,20). The van der Waals surface area contributed by atoms with Gasteiger partial charge in [0.15, 0.2) is 5.96 Å². The number of aromatic nitrogens is 1. The summed E-state index contributed by atoms with van der Waals surface area (Å²) in [5.74, 6) is 0.968. The molecule has 118 valence electrons. The van der Waals surface area contributed by atoms with Crippen LogP contribution in [0.2, 0.25) is 0 Å². The molecule has 0 saturated heterocycles. The molecular formula is C16H28N4S. The van der Waals surface area contributed by atoms with Gasteiger partial charge in [0.2, 0.25) is 0 Å². The van der Waals surface area contributed by atoms with E-state index in [-0.39, 0.29) is 0 Å². The third-order valence-corrected chi connectivity index (χ3v) is 4.87. The number of aliphatic imine (C=N–C) groups is 1. The summed E-state index contributed by atoms with van der Waals surface area (Å²) in [7, 11) is 0. The molecule has 0 spiro atoms. The molecule has 1 saturated carbocycles. The van der Waals surface area contributed by atoms with Crippen LogP contribution >= 0.6 is 11.3 Å². The van der Waals surface area contributed by atoms with Gasteiger partial charge in [0.05, 0.1) is 10.7 Å². The van der Waals surface area contributed by atoms with Crippen LogP contribution in [0.25, 0.3) is 0 Å². The molecule has 0 amide bonds. The molecule has 0 bridgehead atoms. The summed E-state index contributed by atoms with van der Waals surface area (Å²) in [6.45, 7) is 5.98. The smallest absolute Gasteiger partial charge is 0.191 e. The van der Waals surface area contributed by atoms with Crippen LogP contribution in [0, 0.1) is 0 Å². The van der Waals surface area contributed by atoms with Gasteiger partial charge in [0.25, 0.3) is 0 Å². The quantitative estimate of drug-likeness (QED) is 0.627. The fraction of sp³-hybridized carbons (Fsp3) is 0.750. The van der Waals surface area contributed by atoms with E-state index in [9.17, 15) is 0 Å². The van der Waals surface area contributed by atoms with Crippen molar-refractivity contribution in [2.75, 3.05) is 13.1 Å². The SMILES string of the molecule is CCNC(=NCCc1csc(CC)n1)NC1CCCCC1. The number of thiazole rings is 1. The molecule has 0 aromatic carbocycles. The Morgan fingerprint density at radius 2 is 2.14 bits per heavy atom. The lowest BCUT2D eigenvalue weighted by molar-refractivity contribution is 0.410. The van der Waals surface area contributed by atoms with E-state index in [1.54, 1.807) is 11.3 Å². The Morgan fingerprint density at radius 1 is 1.33 bits per heavy atom. The fourth-order valence-electron chi connectivity index (χ4n) is 2.67. The minimum Gasteiger partial charge on any atom is -0.357 e. The molecule has 1 heterocycles. The van der Waals surface area contributed by atoms with Gasteiger partial charge in [-0.2, -0.15) is 0 Å². The summed E-state index contributed by atoms with van der Waals surface area (Å²) in [5.41, 5.74) is 1.18. The normalized spacial score (nSPS) is 17.0. The van der Waals surface area contributed by atoms with E-state index in [0.29, 0.717) is 6.04 Å². The van der Waals surface area contributed by atoms with Gasteiger partial charge in [-0.15, -0.1) is 11.3 Å². The molecule has 0 atom stereocenters. The summed E-state index contributed by atoms with van der Waals surface area (Å²) in [4.78, 5) is 9.29. The van der Waals surface area contributed by atoms with Gasteiger partial charge in [-0.05, 0) is 26.2 Å². The van der Waals surface area contributed by atoms with Crippen LogP contribution in [0.5, 0.6) is 0 Å². The van der Waals surface area contributed by atoms with Gasteiger partial charge in [0.1, 0.15) is 0 Å². The summed E-state index contributed by atoms with van der Waals surface area (Å²) >= 11 is 1.76. The van der Waals surface area contributed by atoms with Crippen molar-refractivity contribution in [1.82, 2.24) is 15.6 Å². The van der Waals surface area contributed by atoms with E-state index in [0.717, 1.165) is 31.9 Å². The summed E-state index contributed by atoms with van der Waals surface area (Å²) in [6, 6.07) is 0.600. The fourth-order valence-corrected chi connectivity index (χ4v) is 3.45. The van der Waals surface area contributed by atoms with Crippen molar-refractivity contribution in [1.29, 1.82) is 0 Å². The molecule has 0 aliphatic heterocycles. The second kappa shape index (κ2) is 9.03. The molecule has 1 aliphatic rings. The number of hydrogen-bond donors (Lipinski definition) is 2. The Morgan fingerprint density at radius 3 is 2.81 bits per heavy atom. The van der Waals surface area contributed by atoms with E-state index in [1.165, 1.54) is 42.8 Å². The van der Waals surface area contributed by atoms with Gasteiger partial charge in [0, 0.05) is 30.9 Å². The number of nitrogens with zero attached hydrogens (tertiary/aromatic N) is 2. The van der Waals surface area contributed by atoms with Crippen LogP contribution in [0.4, 0.5) is 0 Å². The van der Waals surface area contributed by atoms with Crippen molar-refractivity contribution in [2.45, 2.75) is 64.8 Å². The number of guanidine groups is 1. The zero-order valence-corrected chi connectivity index (χ0v) is 14.1. The van der Waals surface area contributed by atoms with Crippen LogP contribution in [-0.2, 0) is 12.8 Å². The topological polar surface area (TPSA) is 49.3 Å². The van der Waals surface area contributed by atoms with Crippen molar-refractivity contribution in [2.24, 2.45) is 4.99 Å². The lowest BCUT2D eigenvalue weighted by atomic mass is 9.96. The summed E-state index contributed by atoms with van der Waals surface area (Å²) < 4.78 is 0. The van der Waals surface area contributed by atoms with E-state index >= 15 is 0 Å². The maximum Gasteiger partial charge on any atom is 0.191 e. The highest BCUT2D eigenvalue weighted by molar-refractivity contribution is 7.09. The van der Waals surface area contributed by atoms with Crippen LogP contribution < -0.4 is 10.6 Å². The van der Waals surface area contributed by atoms with E-state index in [1.807, 2.05) is 0 Å². The minimum atomic E-state index is 0.600. The second-order valence-electron chi connectivity index (χ2n) is 5.58. The molecule has 0 unspecified atom stereocenters. The predicted molar refractivity (Wildman–Crippen MR) is 91.2 cm³/mol. The van der Waals surface area contributed by atoms with Crippen LogP contribution in [0.1, 0.15) is 56.7 Å². The average molecular weight is 308 g/mol. The molecule has 2 rings (SSSR count). The first kappa shape index (κ1) is 16.3. The summed E-state index contributed by atoms with van der Waals surface area (Å²) in [5, 5.41) is 10.3. The zero-order valence-electron chi connectivity index (χ0n) is 13.3. The highest BCUT2D eigenvalue weighted by atomic mass is 32.1. The van der Waals surface area contributed by atoms with E-state index < -0.39 is 0 Å². The lowest BCUT2D eigenvalue weighted by Crippen LogP contribution is -2.44. The predicted octanol–water partition coefficient (Wildman–Crippen LogP) is 3.14. The van der Waals surface area contributed by atoms with Gasteiger partial charge in [-0.3, -0.25) is 4.99 Å². The van der Waals surface area contributed by atoms with Crippen molar-refractivity contribution < 1.29 is 0 Å². The lowest BCUT2D eigenvalue weighted by Gasteiger charge is -2.24. The Bertz CT molecular complexity index is 435. The van der Waals surface area contributed by atoms with Crippen molar-refractivity contribution in [3.05, 3.63) is 16.1 Å². The Kier molecular flexibility index (Phi) is 7.00. The second-order valence-corrected chi connectivity index (χ2v) is 6.52. The van der Waals surface area contributed by atoms with Gasteiger partial charge in [-0.1, -0.05) is 26.2 Å². The largest absolute Gasteiger partial charge is 0.357 e. The molecular weight excluding hydrogens is 280 g/mol. The first-order valence-electron chi connectivity index (χ1n) is 8.30. The molecule has 5 heteroatoms. The number of nitrogens with one attached hydrogen (secondary N) is 2. The Labute approximate surface area is 132 Å². The average Bonchev–Trinajstić information content (AvgIpc) is 2.96. The van der Waals surface area contributed by atoms with Crippen LogP contribution in [-0.4, -0.2) is 30.1 Å². The number of hydrogen-bond acceptors (Lipinski definition) is 3. The Hall–Kier alpha value is -1.10. The first-order chi connectivity index (χ1) is 10.3. The highest BCUT2D eigenvalue weighted by Crippen LogP contribution is 2.17. The third kappa shape index (κ3) is 5.65. The third-order valence-electron chi connectivity index (χ3n) is 3.83. The van der Waals surface area contributed by atoms with Gasteiger partial charge in [-0.25, -0.2) is 4.98 Å². The van der Waals surface area contributed by atoms with E-state index in [4.69, 9.17) is 4.99 Å². The van der Waals surface area contributed by atoms with Crippen LogP contribution in [0.15, 0.2) is 10.4 Å². The zero-order chi connectivity index (χ0) is 14.9. The molecule has 4 nitrogen and oxygen atoms in total. The molecule has 0 radical (unpaired) electrons. The van der Waals surface area contributed by atoms with Crippen molar-refractivity contribution in [3.8, 4) is 0 Å². The summed E-state index contributed by atoms with van der Waals surface area (Å²) in [6.07, 6.45) is 8.57. The molecule has 1 aliphatic carbocycles. The number of rotatable bonds is 6. The monoisotopic (exact) mass is 308 g/mol. The minimum absolute atomic E-state index is 0.600. The highest BCUT2D eigenvalue weighted by Gasteiger charge is 2.14. The maximum atomic E-state index is 4.70. The number of aryl methyl sites for hydroxylation is 1. The molecule has 21 heavy (non-hydrogen) atoms. The maximum absolute atomic E-state index is 4.70. The van der Waals surface area contributed by atoms with Crippen LogP contribution in [0.3, 0.4) is 0 Å². The van der Waals surface area contributed by atoms with E-state index in [2.05, 4.69) is 34.8 Å².